The van der Waals surface area contributed by atoms with E-state index in [9.17, 15) is 9.90 Å². The topological polar surface area (TPSA) is 49.3 Å². The first-order valence-electron chi connectivity index (χ1n) is 5.71. The maximum Gasteiger partial charge on any atom is 0.220 e. The van der Waals surface area contributed by atoms with Gasteiger partial charge in [-0.2, -0.15) is 0 Å². The van der Waals surface area contributed by atoms with Crippen LogP contribution < -0.4 is 5.32 Å². The molecule has 3 heteroatoms. The van der Waals surface area contributed by atoms with Crippen molar-refractivity contribution in [2.24, 2.45) is 5.41 Å². The molecule has 0 bridgehead atoms. The SMILES string of the molecule is C=CCCC(=O)NCC1(CO)CCCC1. The molecule has 1 aliphatic carbocycles. The Balaban J connectivity index is 2.27. The van der Waals surface area contributed by atoms with Gasteiger partial charge in [0.05, 0.1) is 6.61 Å². The van der Waals surface area contributed by atoms with Crippen LogP contribution in [0.1, 0.15) is 38.5 Å². The Labute approximate surface area is 91.6 Å². The van der Waals surface area contributed by atoms with E-state index in [2.05, 4.69) is 11.9 Å². The van der Waals surface area contributed by atoms with E-state index in [1.807, 2.05) is 0 Å². The van der Waals surface area contributed by atoms with E-state index in [0.29, 0.717) is 13.0 Å². The highest BCUT2D eigenvalue weighted by Gasteiger charge is 2.33. The molecular formula is C12H21NO2. The summed E-state index contributed by atoms with van der Waals surface area (Å²) in [4.78, 5) is 11.4. The van der Waals surface area contributed by atoms with Gasteiger partial charge in [-0.1, -0.05) is 18.9 Å². The lowest BCUT2D eigenvalue weighted by atomic mass is 9.87. The molecule has 15 heavy (non-hydrogen) atoms. The normalized spacial score (nSPS) is 18.7. The molecule has 0 atom stereocenters. The van der Waals surface area contributed by atoms with E-state index in [1.165, 1.54) is 12.8 Å². The number of allylic oxidation sites excluding steroid dienone is 1. The number of carbonyl (C=O) groups excluding carboxylic acids is 1. The van der Waals surface area contributed by atoms with Gasteiger partial charge in [0, 0.05) is 18.4 Å². The monoisotopic (exact) mass is 211 g/mol. The van der Waals surface area contributed by atoms with Gasteiger partial charge in [-0.05, 0) is 19.3 Å². The van der Waals surface area contributed by atoms with Crippen LogP contribution in [0, 0.1) is 5.41 Å². The summed E-state index contributed by atoms with van der Waals surface area (Å²) >= 11 is 0. The van der Waals surface area contributed by atoms with Crippen molar-refractivity contribution in [2.45, 2.75) is 38.5 Å². The molecule has 3 nitrogen and oxygen atoms in total. The fourth-order valence-electron chi connectivity index (χ4n) is 2.12. The average Bonchev–Trinajstić information content (AvgIpc) is 2.73. The molecule has 0 unspecified atom stereocenters. The van der Waals surface area contributed by atoms with Crippen molar-refractivity contribution in [3.8, 4) is 0 Å². The molecule has 2 N–H and O–H groups in total. The lowest BCUT2D eigenvalue weighted by Gasteiger charge is -2.26. The van der Waals surface area contributed by atoms with Crippen LogP contribution in [-0.4, -0.2) is 24.2 Å². The first-order chi connectivity index (χ1) is 7.22. The van der Waals surface area contributed by atoms with Crippen molar-refractivity contribution < 1.29 is 9.90 Å². The van der Waals surface area contributed by atoms with Crippen molar-refractivity contribution in [3.05, 3.63) is 12.7 Å². The molecule has 0 aromatic rings. The molecule has 0 saturated heterocycles. The Bertz CT molecular complexity index is 220. The van der Waals surface area contributed by atoms with Gasteiger partial charge in [-0.3, -0.25) is 4.79 Å². The highest BCUT2D eigenvalue weighted by molar-refractivity contribution is 5.76. The summed E-state index contributed by atoms with van der Waals surface area (Å²) in [5.74, 6) is 0.0645. The molecule has 0 heterocycles. The summed E-state index contributed by atoms with van der Waals surface area (Å²) in [5.41, 5.74) is -0.0379. The molecule has 0 radical (unpaired) electrons. The van der Waals surface area contributed by atoms with Gasteiger partial charge in [0.25, 0.3) is 0 Å². The van der Waals surface area contributed by atoms with Crippen LogP contribution >= 0.6 is 0 Å². The first kappa shape index (κ1) is 12.2. The van der Waals surface area contributed by atoms with Gasteiger partial charge in [-0.25, -0.2) is 0 Å². The summed E-state index contributed by atoms with van der Waals surface area (Å²) in [6.45, 7) is 4.39. The number of nitrogens with one attached hydrogen (secondary N) is 1. The van der Waals surface area contributed by atoms with Gasteiger partial charge in [0.2, 0.25) is 5.91 Å². The van der Waals surface area contributed by atoms with Crippen LogP contribution in [0.25, 0.3) is 0 Å². The number of aliphatic hydroxyl groups excluding tert-OH is 1. The third kappa shape index (κ3) is 3.67. The zero-order valence-electron chi connectivity index (χ0n) is 9.30. The number of hydrogen-bond acceptors (Lipinski definition) is 2. The largest absolute Gasteiger partial charge is 0.396 e. The van der Waals surface area contributed by atoms with Crippen LogP contribution in [0.3, 0.4) is 0 Å². The maximum atomic E-state index is 11.4. The van der Waals surface area contributed by atoms with Crippen LogP contribution in [0.4, 0.5) is 0 Å². The van der Waals surface area contributed by atoms with Gasteiger partial charge >= 0.3 is 0 Å². The predicted molar refractivity (Wildman–Crippen MR) is 60.4 cm³/mol. The Morgan fingerprint density at radius 2 is 2.13 bits per heavy atom. The van der Waals surface area contributed by atoms with Crippen LogP contribution in [0.5, 0.6) is 0 Å². The molecule has 0 aromatic heterocycles. The van der Waals surface area contributed by atoms with Gasteiger partial charge in [0.1, 0.15) is 0 Å². The molecule has 1 amide bonds. The summed E-state index contributed by atoms with van der Waals surface area (Å²) in [6.07, 6.45) is 7.38. The van der Waals surface area contributed by atoms with Gasteiger partial charge in [-0.15, -0.1) is 6.58 Å². The van der Waals surface area contributed by atoms with Gasteiger partial charge in [0.15, 0.2) is 0 Å². The van der Waals surface area contributed by atoms with E-state index >= 15 is 0 Å². The van der Waals surface area contributed by atoms with E-state index in [1.54, 1.807) is 6.08 Å². The number of carbonyl (C=O) groups is 1. The number of hydrogen-bond donors (Lipinski definition) is 2. The molecule has 0 aliphatic heterocycles. The van der Waals surface area contributed by atoms with Crippen molar-refractivity contribution >= 4 is 5.91 Å². The Hall–Kier alpha value is -0.830. The van der Waals surface area contributed by atoms with E-state index in [-0.39, 0.29) is 17.9 Å². The molecule has 86 valence electrons. The number of amides is 1. The first-order valence-corrected chi connectivity index (χ1v) is 5.71. The molecular weight excluding hydrogens is 190 g/mol. The van der Waals surface area contributed by atoms with E-state index in [4.69, 9.17) is 0 Å². The summed E-state index contributed by atoms with van der Waals surface area (Å²) in [5, 5.41) is 12.2. The lowest BCUT2D eigenvalue weighted by Crippen LogP contribution is -2.38. The lowest BCUT2D eigenvalue weighted by molar-refractivity contribution is -0.121. The zero-order chi connectivity index (χ0) is 11.1. The second kappa shape index (κ2) is 5.91. The molecule has 1 aliphatic rings. The molecule has 1 saturated carbocycles. The predicted octanol–water partition coefficient (Wildman–Crippen LogP) is 1.62. The highest BCUT2D eigenvalue weighted by Crippen LogP contribution is 2.36. The molecule has 0 spiro atoms. The zero-order valence-corrected chi connectivity index (χ0v) is 9.30. The van der Waals surface area contributed by atoms with Crippen molar-refractivity contribution in [1.29, 1.82) is 0 Å². The van der Waals surface area contributed by atoms with Crippen LogP contribution in [-0.2, 0) is 4.79 Å². The van der Waals surface area contributed by atoms with Crippen LogP contribution in [0.2, 0.25) is 0 Å². The third-order valence-electron chi connectivity index (χ3n) is 3.24. The van der Waals surface area contributed by atoms with Crippen molar-refractivity contribution in [2.75, 3.05) is 13.2 Å². The minimum atomic E-state index is -0.0379. The minimum absolute atomic E-state index is 0.0379. The third-order valence-corrected chi connectivity index (χ3v) is 3.24. The Kier molecular flexibility index (Phi) is 4.82. The summed E-state index contributed by atoms with van der Waals surface area (Å²) in [6, 6.07) is 0. The minimum Gasteiger partial charge on any atom is -0.396 e. The molecule has 0 aromatic carbocycles. The second-order valence-electron chi connectivity index (χ2n) is 4.47. The quantitative estimate of drug-likeness (QED) is 0.656. The molecule has 1 fully saturated rings. The van der Waals surface area contributed by atoms with E-state index in [0.717, 1.165) is 19.3 Å². The second-order valence-corrected chi connectivity index (χ2v) is 4.47. The number of aliphatic hydroxyl groups is 1. The Morgan fingerprint density at radius 3 is 2.67 bits per heavy atom. The van der Waals surface area contributed by atoms with Gasteiger partial charge < -0.3 is 10.4 Å². The van der Waals surface area contributed by atoms with Crippen molar-refractivity contribution in [3.63, 3.8) is 0 Å². The summed E-state index contributed by atoms with van der Waals surface area (Å²) < 4.78 is 0. The maximum absolute atomic E-state index is 11.4. The standard InChI is InChI=1S/C12H21NO2/c1-2-3-6-11(15)13-9-12(10-14)7-4-5-8-12/h2,14H,1,3-10H2,(H,13,15). The van der Waals surface area contributed by atoms with E-state index < -0.39 is 0 Å². The highest BCUT2D eigenvalue weighted by atomic mass is 16.3. The molecule has 1 rings (SSSR count). The number of rotatable bonds is 6. The van der Waals surface area contributed by atoms with Crippen molar-refractivity contribution in [1.82, 2.24) is 5.32 Å². The smallest absolute Gasteiger partial charge is 0.220 e. The fraction of sp³-hybridized carbons (Fsp3) is 0.750. The van der Waals surface area contributed by atoms with Crippen LogP contribution in [0.15, 0.2) is 12.7 Å². The Morgan fingerprint density at radius 1 is 1.47 bits per heavy atom. The average molecular weight is 211 g/mol. The fourth-order valence-corrected chi connectivity index (χ4v) is 2.12. The summed E-state index contributed by atoms with van der Waals surface area (Å²) in [7, 11) is 0.